The van der Waals surface area contributed by atoms with Crippen LogP contribution in [0, 0.1) is 19.7 Å². The Bertz CT molecular complexity index is 801. The SMILES string of the molecule is Cc1cccc(C)c1NC(=O)CNC(=O)CN(C)Cc1c(F)cccc1Cl. The summed E-state index contributed by atoms with van der Waals surface area (Å²) in [7, 11) is 1.68. The molecule has 0 aromatic heterocycles. The van der Waals surface area contributed by atoms with Crippen LogP contribution in [0.25, 0.3) is 0 Å². The van der Waals surface area contributed by atoms with E-state index in [-0.39, 0.29) is 31.4 Å². The largest absolute Gasteiger partial charge is 0.346 e. The number of hydrogen-bond acceptors (Lipinski definition) is 3. The molecule has 144 valence electrons. The molecule has 0 aliphatic rings. The van der Waals surface area contributed by atoms with Gasteiger partial charge in [-0.25, -0.2) is 4.39 Å². The molecular weight excluding hydrogens is 369 g/mol. The van der Waals surface area contributed by atoms with Crippen LogP contribution in [-0.4, -0.2) is 36.9 Å². The summed E-state index contributed by atoms with van der Waals surface area (Å²) in [6, 6.07) is 10.2. The standard InChI is InChI=1S/C20H23ClFN3O2/c1-13-6-4-7-14(2)20(13)24-18(26)10-23-19(27)12-25(3)11-15-16(21)8-5-9-17(15)22/h4-9H,10-12H2,1-3H3,(H,23,27)(H,24,26). The van der Waals surface area contributed by atoms with E-state index in [0.717, 1.165) is 16.8 Å². The molecule has 0 heterocycles. The van der Waals surface area contributed by atoms with E-state index in [1.807, 2.05) is 32.0 Å². The fourth-order valence-electron chi connectivity index (χ4n) is 2.68. The van der Waals surface area contributed by atoms with Crippen molar-refractivity contribution in [2.75, 3.05) is 25.5 Å². The maximum atomic E-state index is 13.8. The number of carbonyl (C=O) groups excluding carboxylic acids is 2. The van der Waals surface area contributed by atoms with Crippen LogP contribution >= 0.6 is 11.6 Å². The van der Waals surface area contributed by atoms with Crippen molar-refractivity contribution in [3.8, 4) is 0 Å². The molecule has 2 aromatic carbocycles. The van der Waals surface area contributed by atoms with Crippen LogP contribution in [0.4, 0.5) is 10.1 Å². The Morgan fingerprint density at radius 1 is 1.07 bits per heavy atom. The third-order valence-electron chi connectivity index (χ3n) is 4.09. The lowest BCUT2D eigenvalue weighted by atomic mass is 10.1. The Morgan fingerprint density at radius 3 is 2.33 bits per heavy atom. The minimum Gasteiger partial charge on any atom is -0.346 e. The van der Waals surface area contributed by atoms with Gasteiger partial charge in [-0.15, -0.1) is 0 Å². The van der Waals surface area contributed by atoms with Gasteiger partial charge in [-0.2, -0.15) is 0 Å². The number of rotatable bonds is 7. The molecule has 0 spiro atoms. The number of halogens is 2. The third-order valence-corrected chi connectivity index (χ3v) is 4.45. The molecule has 0 radical (unpaired) electrons. The van der Waals surface area contributed by atoms with Gasteiger partial charge in [0.15, 0.2) is 0 Å². The molecule has 0 aliphatic carbocycles. The molecule has 2 rings (SSSR count). The summed E-state index contributed by atoms with van der Waals surface area (Å²) in [5.74, 6) is -1.05. The number of para-hydroxylation sites is 1. The summed E-state index contributed by atoms with van der Waals surface area (Å²) >= 11 is 6.00. The molecule has 0 unspecified atom stereocenters. The average Bonchev–Trinajstić information content (AvgIpc) is 2.60. The average molecular weight is 392 g/mol. The van der Waals surface area contributed by atoms with Crippen LogP contribution in [0.1, 0.15) is 16.7 Å². The molecule has 0 saturated carbocycles. The highest BCUT2D eigenvalue weighted by atomic mass is 35.5. The minimum atomic E-state index is -0.414. The second kappa shape index (κ2) is 9.48. The molecule has 2 N–H and O–H groups in total. The fraction of sp³-hybridized carbons (Fsp3) is 0.300. The predicted molar refractivity (Wildman–Crippen MR) is 105 cm³/mol. The number of aryl methyl sites for hydroxylation is 2. The van der Waals surface area contributed by atoms with Crippen molar-refractivity contribution in [2.45, 2.75) is 20.4 Å². The Kier molecular flexibility index (Phi) is 7.33. The van der Waals surface area contributed by atoms with E-state index in [1.165, 1.54) is 12.1 Å². The lowest BCUT2D eigenvalue weighted by molar-refractivity contribution is -0.124. The topological polar surface area (TPSA) is 61.4 Å². The number of likely N-dealkylation sites (N-methyl/N-ethyl adjacent to an activating group) is 1. The maximum Gasteiger partial charge on any atom is 0.243 e. The van der Waals surface area contributed by atoms with Crippen molar-refractivity contribution in [2.24, 2.45) is 0 Å². The normalized spacial score (nSPS) is 10.7. The summed E-state index contributed by atoms with van der Waals surface area (Å²) in [5, 5.41) is 5.69. The fourth-order valence-corrected chi connectivity index (χ4v) is 2.91. The van der Waals surface area contributed by atoms with E-state index in [0.29, 0.717) is 10.6 Å². The van der Waals surface area contributed by atoms with Crippen LogP contribution in [0.2, 0.25) is 5.02 Å². The Hall–Kier alpha value is -2.44. The van der Waals surface area contributed by atoms with Crippen molar-refractivity contribution < 1.29 is 14.0 Å². The van der Waals surface area contributed by atoms with E-state index in [9.17, 15) is 14.0 Å². The van der Waals surface area contributed by atoms with Crippen molar-refractivity contribution >= 4 is 29.1 Å². The lowest BCUT2D eigenvalue weighted by Gasteiger charge is -2.17. The van der Waals surface area contributed by atoms with Gasteiger partial charge < -0.3 is 10.6 Å². The molecule has 27 heavy (non-hydrogen) atoms. The van der Waals surface area contributed by atoms with Gasteiger partial charge in [-0.1, -0.05) is 35.9 Å². The number of nitrogens with one attached hydrogen (secondary N) is 2. The summed E-state index contributed by atoms with van der Waals surface area (Å²) in [6.45, 7) is 3.88. The molecule has 5 nitrogen and oxygen atoms in total. The number of benzene rings is 2. The molecule has 0 aliphatic heterocycles. The summed E-state index contributed by atoms with van der Waals surface area (Å²) in [4.78, 5) is 25.8. The molecule has 2 aromatic rings. The highest BCUT2D eigenvalue weighted by Gasteiger charge is 2.14. The van der Waals surface area contributed by atoms with Gasteiger partial charge in [0.05, 0.1) is 13.1 Å². The van der Waals surface area contributed by atoms with Crippen molar-refractivity contribution in [1.29, 1.82) is 0 Å². The second-order valence-electron chi connectivity index (χ2n) is 6.46. The van der Waals surface area contributed by atoms with Crippen LogP contribution < -0.4 is 10.6 Å². The Balaban J connectivity index is 1.82. The van der Waals surface area contributed by atoms with Gasteiger partial charge in [0.2, 0.25) is 11.8 Å². The Labute approximate surface area is 163 Å². The van der Waals surface area contributed by atoms with Crippen LogP contribution in [0.3, 0.4) is 0 Å². The van der Waals surface area contributed by atoms with Crippen LogP contribution in [-0.2, 0) is 16.1 Å². The van der Waals surface area contributed by atoms with Gasteiger partial charge in [-0.05, 0) is 44.2 Å². The first-order valence-corrected chi connectivity index (χ1v) is 8.90. The minimum absolute atomic E-state index is 0.0152. The summed E-state index contributed by atoms with van der Waals surface area (Å²) < 4.78 is 13.8. The van der Waals surface area contributed by atoms with E-state index < -0.39 is 5.82 Å². The third kappa shape index (κ3) is 6.05. The van der Waals surface area contributed by atoms with E-state index in [4.69, 9.17) is 11.6 Å². The van der Waals surface area contributed by atoms with Crippen LogP contribution in [0.5, 0.6) is 0 Å². The van der Waals surface area contributed by atoms with Gasteiger partial charge in [-0.3, -0.25) is 14.5 Å². The zero-order chi connectivity index (χ0) is 20.0. The number of anilines is 1. The summed E-state index contributed by atoms with van der Waals surface area (Å²) in [5.41, 5.74) is 3.00. The molecule has 0 fully saturated rings. The van der Waals surface area contributed by atoms with Gasteiger partial charge in [0, 0.05) is 22.8 Å². The molecule has 0 atom stereocenters. The van der Waals surface area contributed by atoms with Gasteiger partial charge in [0.1, 0.15) is 5.82 Å². The van der Waals surface area contributed by atoms with Gasteiger partial charge in [0.25, 0.3) is 0 Å². The first kappa shape index (κ1) is 20.9. The lowest BCUT2D eigenvalue weighted by Crippen LogP contribution is -2.39. The first-order chi connectivity index (χ1) is 12.8. The zero-order valence-electron chi connectivity index (χ0n) is 15.6. The monoisotopic (exact) mass is 391 g/mol. The highest BCUT2D eigenvalue weighted by Crippen LogP contribution is 2.20. The molecule has 0 saturated heterocycles. The highest BCUT2D eigenvalue weighted by molar-refractivity contribution is 6.31. The number of amides is 2. The van der Waals surface area contributed by atoms with Crippen LogP contribution in [0.15, 0.2) is 36.4 Å². The molecule has 2 amide bonds. The number of hydrogen-bond donors (Lipinski definition) is 2. The number of nitrogens with zero attached hydrogens (tertiary/aromatic N) is 1. The predicted octanol–water partition coefficient (Wildman–Crippen LogP) is 3.28. The van der Waals surface area contributed by atoms with Gasteiger partial charge >= 0.3 is 0 Å². The first-order valence-electron chi connectivity index (χ1n) is 8.52. The summed E-state index contributed by atoms with van der Waals surface area (Å²) in [6.07, 6.45) is 0. The van der Waals surface area contributed by atoms with Crippen molar-refractivity contribution in [1.82, 2.24) is 10.2 Å². The maximum absolute atomic E-state index is 13.8. The Morgan fingerprint density at radius 2 is 1.70 bits per heavy atom. The van der Waals surface area contributed by atoms with E-state index >= 15 is 0 Å². The van der Waals surface area contributed by atoms with E-state index in [1.54, 1.807) is 18.0 Å². The zero-order valence-corrected chi connectivity index (χ0v) is 16.4. The quantitative estimate of drug-likeness (QED) is 0.761. The smallest absolute Gasteiger partial charge is 0.243 e. The van der Waals surface area contributed by atoms with E-state index in [2.05, 4.69) is 10.6 Å². The molecule has 7 heteroatoms. The molecule has 0 bridgehead atoms. The molecular formula is C20H23ClFN3O2. The second-order valence-corrected chi connectivity index (χ2v) is 6.87. The number of carbonyl (C=O) groups is 2. The van der Waals surface area contributed by atoms with Crippen molar-refractivity contribution in [3.63, 3.8) is 0 Å². The van der Waals surface area contributed by atoms with Crippen molar-refractivity contribution in [3.05, 3.63) is 63.9 Å².